The highest BCUT2D eigenvalue weighted by Crippen LogP contribution is 2.13. The largest absolute Gasteiger partial charge is 0.395 e. The van der Waals surface area contributed by atoms with E-state index in [0.29, 0.717) is 23.6 Å². The molecule has 1 unspecified atom stereocenters. The molecule has 2 heterocycles. The maximum atomic E-state index is 9.08. The minimum Gasteiger partial charge on any atom is -0.395 e. The minimum atomic E-state index is 0.0959. The smallest absolute Gasteiger partial charge is 0.225 e. The number of nitrogens with one attached hydrogen (secondary N) is 1. The number of hydrogen-bond donors (Lipinski definition) is 2. The lowest BCUT2D eigenvalue weighted by Gasteiger charge is -2.24. The molecular formula is C11H17ClN4O. The van der Waals surface area contributed by atoms with Crippen LogP contribution in [-0.4, -0.2) is 47.4 Å². The van der Waals surface area contributed by atoms with Crippen LogP contribution in [0.1, 0.15) is 12.8 Å². The first-order valence-electron chi connectivity index (χ1n) is 5.86. The fraction of sp³-hybridized carbons (Fsp3) is 0.636. The first kappa shape index (κ1) is 12.5. The molecule has 2 N–H and O–H groups in total. The van der Waals surface area contributed by atoms with Crippen LogP contribution in [0.5, 0.6) is 0 Å². The Morgan fingerprint density at radius 3 is 2.82 bits per heavy atom. The summed E-state index contributed by atoms with van der Waals surface area (Å²) < 4.78 is 0. The van der Waals surface area contributed by atoms with Crippen LogP contribution in [0.15, 0.2) is 12.4 Å². The Morgan fingerprint density at radius 1 is 1.47 bits per heavy atom. The molecule has 94 valence electrons. The average Bonchev–Trinajstić information content (AvgIpc) is 2.82. The molecule has 0 bridgehead atoms. The molecule has 17 heavy (non-hydrogen) atoms. The van der Waals surface area contributed by atoms with Crippen molar-refractivity contribution < 1.29 is 5.11 Å². The fourth-order valence-corrected chi connectivity index (χ4v) is 2.14. The summed E-state index contributed by atoms with van der Waals surface area (Å²) in [6, 6.07) is 0.459. The Morgan fingerprint density at radius 2 is 2.24 bits per heavy atom. The van der Waals surface area contributed by atoms with E-state index in [1.54, 1.807) is 12.4 Å². The standard InChI is InChI=1S/C11H17ClN4O/c12-9-6-14-11(15-7-9)16(4-5-17)8-10-2-1-3-13-10/h6-7,10,13,17H,1-5,8H2. The molecule has 0 spiro atoms. The van der Waals surface area contributed by atoms with E-state index in [1.807, 2.05) is 4.90 Å². The lowest BCUT2D eigenvalue weighted by atomic mass is 10.2. The molecule has 1 fully saturated rings. The van der Waals surface area contributed by atoms with Crippen LogP contribution in [-0.2, 0) is 0 Å². The van der Waals surface area contributed by atoms with E-state index in [2.05, 4.69) is 15.3 Å². The highest BCUT2D eigenvalue weighted by Gasteiger charge is 2.19. The van der Waals surface area contributed by atoms with Crippen molar-refractivity contribution in [3.05, 3.63) is 17.4 Å². The average molecular weight is 257 g/mol. The maximum Gasteiger partial charge on any atom is 0.225 e. The Labute approximate surface area is 106 Å². The Bertz CT molecular complexity index is 340. The van der Waals surface area contributed by atoms with E-state index in [1.165, 1.54) is 6.42 Å². The van der Waals surface area contributed by atoms with Gasteiger partial charge < -0.3 is 15.3 Å². The van der Waals surface area contributed by atoms with Crippen molar-refractivity contribution in [2.75, 3.05) is 31.1 Å². The van der Waals surface area contributed by atoms with Gasteiger partial charge in [-0.2, -0.15) is 0 Å². The molecular weight excluding hydrogens is 240 g/mol. The van der Waals surface area contributed by atoms with Gasteiger partial charge in [-0.25, -0.2) is 9.97 Å². The van der Waals surface area contributed by atoms with Crippen LogP contribution in [0.4, 0.5) is 5.95 Å². The predicted octanol–water partition coefficient (Wildman–Crippen LogP) is 0.681. The van der Waals surface area contributed by atoms with Gasteiger partial charge in [0.05, 0.1) is 24.0 Å². The summed E-state index contributed by atoms with van der Waals surface area (Å²) in [6.45, 7) is 2.53. The van der Waals surface area contributed by atoms with Crippen molar-refractivity contribution in [3.8, 4) is 0 Å². The Balaban J connectivity index is 2.02. The van der Waals surface area contributed by atoms with E-state index >= 15 is 0 Å². The lowest BCUT2D eigenvalue weighted by molar-refractivity contribution is 0.299. The van der Waals surface area contributed by atoms with Gasteiger partial charge in [-0.15, -0.1) is 0 Å². The van der Waals surface area contributed by atoms with Gasteiger partial charge in [0.25, 0.3) is 0 Å². The molecule has 1 aliphatic rings. The number of rotatable bonds is 5. The van der Waals surface area contributed by atoms with Crippen molar-refractivity contribution in [3.63, 3.8) is 0 Å². The second kappa shape index (κ2) is 6.14. The summed E-state index contributed by atoms with van der Waals surface area (Å²) in [5.41, 5.74) is 0. The van der Waals surface area contributed by atoms with Crippen molar-refractivity contribution in [2.24, 2.45) is 0 Å². The number of halogens is 1. The second-order valence-electron chi connectivity index (χ2n) is 4.16. The van der Waals surface area contributed by atoms with Crippen LogP contribution in [0.3, 0.4) is 0 Å². The molecule has 1 saturated heterocycles. The topological polar surface area (TPSA) is 61.3 Å². The van der Waals surface area contributed by atoms with Crippen molar-refractivity contribution in [1.82, 2.24) is 15.3 Å². The summed E-state index contributed by atoms with van der Waals surface area (Å²) in [5, 5.41) is 13.0. The molecule has 0 aliphatic carbocycles. The predicted molar refractivity (Wildman–Crippen MR) is 67.4 cm³/mol. The number of aliphatic hydroxyl groups excluding tert-OH is 1. The summed E-state index contributed by atoms with van der Waals surface area (Å²) in [6.07, 6.45) is 5.53. The van der Waals surface area contributed by atoms with Gasteiger partial charge in [-0.05, 0) is 19.4 Å². The third kappa shape index (κ3) is 3.52. The molecule has 1 aromatic rings. The molecule has 1 aliphatic heterocycles. The van der Waals surface area contributed by atoms with Gasteiger partial charge in [0.1, 0.15) is 0 Å². The molecule has 0 saturated carbocycles. The highest BCUT2D eigenvalue weighted by atomic mass is 35.5. The SMILES string of the molecule is OCCN(CC1CCCN1)c1ncc(Cl)cn1. The van der Waals surface area contributed by atoms with Crippen LogP contribution < -0.4 is 10.2 Å². The van der Waals surface area contributed by atoms with Crippen molar-refractivity contribution >= 4 is 17.5 Å². The zero-order valence-corrected chi connectivity index (χ0v) is 10.4. The minimum absolute atomic E-state index is 0.0959. The third-order valence-electron chi connectivity index (χ3n) is 2.86. The highest BCUT2D eigenvalue weighted by molar-refractivity contribution is 6.30. The first-order chi connectivity index (χ1) is 8.29. The first-order valence-corrected chi connectivity index (χ1v) is 6.24. The number of hydrogen-bond acceptors (Lipinski definition) is 5. The van der Waals surface area contributed by atoms with Crippen LogP contribution >= 0.6 is 11.6 Å². The van der Waals surface area contributed by atoms with Gasteiger partial charge in [-0.1, -0.05) is 11.6 Å². The van der Waals surface area contributed by atoms with E-state index in [4.69, 9.17) is 16.7 Å². The monoisotopic (exact) mass is 256 g/mol. The van der Waals surface area contributed by atoms with E-state index in [0.717, 1.165) is 19.5 Å². The number of anilines is 1. The molecule has 6 heteroatoms. The Kier molecular flexibility index (Phi) is 4.53. The summed E-state index contributed by atoms with van der Waals surface area (Å²) in [5.74, 6) is 0.622. The van der Waals surface area contributed by atoms with E-state index < -0.39 is 0 Å². The van der Waals surface area contributed by atoms with E-state index in [-0.39, 0.29) is 6.61 Å². The Hall–Kier alpha value is -0.910. The van der Waals surface area contributed by atoms with E-state index in [9.17, 15) is 0 Å². The fourth-order valence-electron chi connectivity index (χ4n) is 2.04. The van der Waals surface area contributed by atoms with Crippen molar-refractivity contribution in [2.45, 2.75) is 18.9 Å². The quantitative estimate of drug-likeness (QED) is 0.811. The zero-order valence-electron chi connectivity index (χ0n) is 9.64. The molecule has 0 amide bonds. The van der Waals surface area contributed by atoms with Gasteiger partial charge in [0, 0.05) is 19.1 Å². The third-order valence-corrected chi connectivity index (χ3v) is 3.06. The molecule has 5 nitrogen and oxygen atoms in total. The second-order valence-corrected chi connectivity index (χ2v) is 4.60. The van der Waals surface area contributed by atoms with Gasteiger partial charge in [0.2, 0.25) is 5.95 Å². The normalized spacial score (nSPS) is 19.5. The van der Waals surface area contributed by atoms with Crippen LogP contribution in [0, 0.1) is 0 Å². The molecule has 1 aromatic heterocycles. The molecule has 0 radical (unpaired) electrons. The van der Waals surface area contributed by atoms with Gasteiger partial charge in [0.15, 0.2) is 0 Å². The lowest BCUT2D eigenvalue weighted by Crippen LogP contribution is -2.39. The van der Waals surface area contributed by atoms with Crippen LogP contribution in [0.2, 0.25) is 5.02 Å². The van der Waals surface area contributed by atoms with Crippen LogP contribution in [0.25, 0.3) is 0 Å². The summed E-state index contributed by atoms with van der Waals surface area (Å²) in [7, 11) is 0. The number of aliphatic hydroxyl groups is 1. The molecule has 2 rings (SSSR count). The number of aromatic nitrogens is 2. The summed E-state index contributed by atoms with van der Waals surface area (Å²) >= 11 is 5.76. The van der Waals surface area contributed by atoms with Gasteiger partial charge in [-0.3, -0.25) is 0 Å². The van der Waals surface area contributed by atoms with Crippen molar-refractivity contribution in [1.29, 1.82) is 0 Å². The maximum absolute atomic E-state index is 9.08. The summed E-state index contributed by atoms with van der Waals surface area (Å²) in [4.78, 5) is 10.4. The molecule has 0 aromatic carbocycles. The van der Waals surface area contributed by atoms with Gasteiger partial charge >= 0.3 is 0 Å². The zero-order chi connectivity index (χ0) is 12.1. The number of nitrogens with zero attached hydrogens (tertiary/aromatic N) is 3. The molecule has 1 atom stereocenters.